The Morgan fingerprint density at radius 3 is 2.10 bits per heavy atom. The number of hydrogen-bond donors (Lipinski definition) is 0. The molecule has 1 aliphatic carbocycles. The zero-order chi connectivity index (χ0) is 15.5. The van der Waals surface area contributed by atoms with Gasteiger partial charge in [-0.1, -0.05) is 0 Å². The summed E-state index contributed by atoms with van der Waals surface area (Å²) in [5.74, 6) is 1.51. The van der Waals surface area contributed by atoms with E-state index in [2.05, 4.69) is 0 Å². The van der Waals surface area contributed by atoms with Crippen molar-refractivity contribution in [2.75, 3.05) is 21.3 Å². The molecule has 0 heterocycles. The molecule has 21 heavy (non-hydrogen) atoms. The Labute approximate surface area is 125 Å². The number of rotatable bonds is 6. The van der Waals surface area contributed by atoms with Gasteiger partial charge in [0.25, 0.3) is 0 Å². The van der Waals surface area contributed by atoms with E-state index in [4.69, 9.17) is 18.9 Å². The lowest BCUT2D eigenvalue weighted by atomic mass is 9.77. The standard InChI is InChI=1S/C16H22O5/c1-11-8-12(18-2)15(13(9-11)19-3)21-16(6-5-7-16)10-14(17)20-4/h8-9H,5-7,10H2,1-4H3. The number of methoxy groups -OCH3 is 3. The van der Waals surface area contributed by atoms with Crippen molar-refractivity contribution in [3.05, 3.63) is 17.7 Å². The second kappa shape index (κ2) is 6.24. The molecule has 0 atom stereocenters. The molecule has 0 saturated heterocycles. The van der Waals surface area contributed by atoms with E-state index < -0.39 is 5.60 Å². The predicted octanol–water partition coefficient (Wildman–Crippen LogP) is 2.88. The molecule has 0 N–H and O–H groups in total. The van der Waals surface area contributed by atoms with E-state index in [-0.39, 0.29) is 12.4 Å². The smallest absolute Gasteiger partial charge is 0.309 e. The van der Waals surface area contributed by atoms with Crippen molar-refractivity contribution in [3.8, 4) is 17.2 Å². The molecule has 1 saturated carbocycles. The third-order valence-corrected chi connectivity index (χ3v) is 3.88. The fourth-order valence-electron chi connectivity index (χ4n) is 2.55. The SMILES string of the molecule is COC(=O)CC1(Oc2c(OC)cc(C)cc2OC)CCC1. The second-order valence-electron chi connectivity index (χ2n) is 5.39. The van der Waals surface area contributed by atoms with Gasteiger partial charge in [0.15, 0.2) is 11.5 Å². The number of aryl methyl sites for hydroxylation is 1. The molecule has 116 valence electrons. The van der Waals surface area contributed by atoms with Gasteiger partial charge in [0.2, 0.25) is 5.75 Å². The molecule has 5 nitrogen and oxygen atoms in total. The lowest BCUT2D eigenvalue weighted by Gasteiger charge is -2.41. The minimum absolute atomic E-state index is 0.240. The monoisotopic (exact) mass is 294 g/mol. The van der Waals surface area contributed by atoms with Gasteiger partial charge < -0.3 is 18.9 Å². The van der Waals surface area contributed by atoms with Crippen LogP contribution in [0, 0.1) is 6.92 Å². The molecule has 0 bridgehead atoms. The molecule has 1 aliphatic rings. The largest absolute Gasteiger partial charge is 0.493 e. The summed E-state index contributed by atoms with van der Waals surface area (Å²) in [7, 11) is 4.57. The minimum Gasteiger partial charge on any atom is -0.493 e. The van der Waals surface area contributed by atoms with E-state index in [1.807, 2.05) is 19.1 Å². The average molecular weight is 294 g/mol. The molecule has 0 unspecified atom stereocenters. The molecule has 0 spiro atoms. The van der Waals surface area contributed by atoms with Crippen LogP contribution in [0.25, 0.3) is 0 Å². The topological polar surface area (TPSA) is 54.0 Å². The molecule has 0 amide bonds. The Kier molecular flexibility index (Phi) is 4.60. The highest BCUT2D eigenvalue weighted by Gasteiger charge is 2.43. The van der Waals surface area contributed by atoms with E-state index >= 15 is 0 Å². The van der Waals surface area contributed by atoms with Gasteiger partial charge >= 0.3 is 5.97 Å². The summed E-state index contributed by atoms with van der Waals surface area (Å²) in [6, 6.07) is 3.78. The van der Waals surface area contributed by atoms with Crippen molar-refractivity contribution in [2.45, 2.75) is 38.2 Å². The van der Waals surface area contributed by atoms with Crippen molar-refractivity contribution in [1.82, 2.24) is 0 Å². The van der Waals surface area contributed by atoms with Crippen LogP contribution in [0.2, 0.25) is 0 Å². The minimum atomic E-state index is -0.511. The Morgan fingerprint density at radius 1 is 1.14 bits per heavy atom. The summed E-state index contributed by atoms with van der Waals surface area (Å²) >= 11 is 0. The zero-order valence-electron chi connectivity index (χ0n) is 13.0. The van der Waals surface area contributed by atoms with E-state index in [9.17, 15) is 4.79 Å². The Bertz CT molecular complexity index is 494. The number of carbonyl (C=O) groups excluding carboxylic acids is 1. The lowest BCUT2D eigenvalue weighted by Crippen LogP contribution is -2.45. The summed E-state index contributed by atoms with van der Waals surface area (Å²) in [4.78, 5) is 11.6. The molecular formula is C16H22O5. The van der Waals surface area contributed by atoms with E-state index in [1.165, 1.54) is 7.11 Å². The van der Waals surface area contributed by atoms with Crippen LogP contribution in [0.15, 0.2) is 12.1 Å². The van der Waals surface area contributed by atoms with Crippen LogP contribution >= 0.6 is 0 Å². The molecular weight excluding hydrogens is 272 g/mol. The van der Waals surface area contributed by atoms with Crippen molar-refractivity contribution < 1.29 is 23.7 Å². The predicted molar refractivity (Wildman–Crippen MR) is 78.1 cm³/mol. The van der Waals surface area contributed by atoms with Crippen LogP contribution in [0.4, 0.5) is 0 Å². The molecule has 1 aromatic rings. The van der Waals surface area contributed by atoms with Gasteiger partial charge in [0, 0.05) is 0 Å². The molecule has 1 aromatic carbocycles. The lowest BCUT2D eigenvalue weighted by molar-refractivity contribution is -0.148. The summed E-state index contributed by atoms with van der Waals surface area (Å²) < 4.78 is 21.7. The van der Waals surface area contributed by atoms with Gasteiger partial charge in [-0.25, -0.2) is 0 Å². The first kappa shape index (κ1) is 15.5. The van der Waals surface area contributed by atoms with Crippen molar-refractivity contribution in [2.24, 2.45) is 0 Å². The summed E-state index contributed by atoms with van der Waals surface area (Å²) in [6.07, 6.45) is 2.92. The van der Waals surface area contributed by atoms with Gasteiger partial charge in [-0.2, -0.15) is 0 Å². The highest BCUT2D eigenvalue weighted by atomic mass is 16.6. The summed E-state index contributed by atoms with van der Waals surface area (Å²) in [6.45, 7) is 1.96. The van der Waals surface area contributed by atoms with E-state index in [0.717, 1.165) is 24.8 Å². The molecule has 1 fully saturated rings. The molecule has 0 radical (unpaired) electrons. The van der Waals surface area contributed by atoms with Crippen LogP contribution in [-0.2, 0) is 9.53 Å². The van der Waals surface area contributed by atoms with Crippen LogP contribution in [-0.4, -0.2) is 32.9 Å². The van der Waals surface area contributed by atoms with E-state index in [1.54, 1.807) is 14.2 Å². The van der Waals surface area contributed by atoms with Crippen LogP contribution < -0.4 is 14.2 Å². The maximum atomic E-state index is 11.6. The van der Waals surface area contributed by atoms with Crippen molar-refractivity contribution in [3.63, 3.8) is 0 Å². The number of ether oxygens (including phenoxy) is 4. The maximum absolute atomic E-state index is 11.6. The van der Waals surface area contributed by atoms with Crippen molar-refractivity contribution >= 4 is 5.97 Å². The molecule has 0 aromatic heterocycles. The normalized spacial score (nSPS) is 15.8. The molecule has 0 aliphatic heterocycles. The average Bonchev–Trinajstić information content (AvgIpc) is 2.45. The Morgan fingerprint density at radius 2 is 1.71 bits per heavy atom. The van der Waals surface area contributed by atoms with Gasteiger partial charge in [0.05, 0.1) is 27.8 Å². The summed E-state index contributed by atoms with van der Waals surface area (Å²) in [5.41, 5.74) is 0.509. The number of esters is 1. The summed E-state index contributed by atoms with van der Waals surface area (Å²) in [5, 5.41) is 0. The number of hydrogen-bond acceptors (Lipinski definition) is 5. The molecule has 2 rings (SSSR count). The second-order valence-corrected chi connectivity index (χ2v) is 5.39. The fourth-order valence-corrected chi connectivity index (χ4v) is 2.55. The number of benzene rings is 1. The first-order valence-electron chi connectivity index (χ1n) is 7.02. The van der Waals surface area contributed by atoms with Crippen molar-refractivity contribution in [1.29, 1.82) is 0 Å². The highest BCUT2D eigenvalue weighted by Crippen LogP contribution is 2.46. The van der Waals surface area contributed by atoms with E-state index in [0.29, 0.717) is 17.2 Å². The van der Waals surface area contributed by atoms with Gasteiger partial charge in [-0.3, -0.25) is 4.79 Å². The van der Waals surface area contributed by atoms with Crippen LogP contribution in [0.1, 0.15) is 31.2 Å². The Hall–Kier alpha value is -1.91. The Balaban J connectivity index is 2.30. The first-order valence-corrected chi connectivity index (χ1v) is 7.02. The zero-order valence-corrected chi connectivity index (χ0v) is 13.0. The van der Waals surface area contributed by atoms with Gasteiger partial charge in [0.1, 0.15) is 5.60 Å². The molecule has 5 heteroatoms. The third-order valence-electron chi connectivity index (χ3n) is 3.88. The van der Waals surface area contributed by atoms with Crippen LogP contribution in [0.3, 0.4) is 0 Å². The van der Waals surface area contributed by atoms with Crippen LogP contribution in [0.5, 0.6) is 17.2 Å². The first-order chi connectivity index (χ1) is 10.0. The fraction of sp³-hybridized carbons (Fsp3) is 0.562. The quantitative estimate of drug-likeness (QED) is 0.755. The third kappa shape index (κ3) is 3.23. The highest BCUT2D eigenvalue weighted by molar-refractivity contribution is 5.71. The van der Waals surface area contributed by atoms with Gasteiger partial charge in [-0.05, 0) is 43.9 Å². The van der Waals surface area contributed by atoms with Gasteiger partial charge in [-0.15, -0.1) is 0 Å². The maximum Gasteiger partial charge on any atom is 0.309 e. The number of carbonyl (C=O) groups is 1.